The molecule has 0 aliphatic carbocycles. The Labute approximate surface area is 119 Å². The topological polar surface area (TPSA) is 81.6 Å². The lowest BCUT2D eigenvalue weighted by Crippen LogP contribution is -2.44. The maximum absolute atomic E-state index is 11.9. The molecule has 0 aromatic carbocycles. The molecule has 0 spiro atoms. The van der Waals surface area contributed by atoms with Crippen LogP contribution in [0.5, 0.6) is 11.8 Å². The largest absolute Gasteiger partial charge is 0.480 e. The lowest BCUT2D eigenvalue weighted by atomic mass is 10.1. The molecular weight excluding hydrogens is 282 g/mol. The van der Waals surface area contributed by atoms with E-state index in [-0.39, 0.29) is 11.9 Å². The Bertz CT molecular complexity index is 549. The summed E-state index contributed by atoms with van der Waals surface area (Å²) < 4.78 is 35.9. The molecule has 7 nitrogen and oxygen atoms in total. The summed E-state index contributed by atoms with van der Waals surface area (Å²) in [5.74, 6) is 0.833. The van der Waals surface area contributed by atoms with Crippen LogP contribution in [-0.2, 0) is 10.0 Å². The van der Waals surface area contributed by atoms with Crippen molar-refractivity contribution in [2.24, 2.45) is 0 Å². The predicted octanol–water partition coefficient (Wildman–Crippen LogP) is 0.678. The van der Waals surface area contributed by atoms with Crippen molar-refractivity contribution < 1.29 is 17.9 Å². The summed E-state index contributed by atoms with van der Waals surface area (Å²) in [6.45, 7) is 2.56. The second-order valence-corrected chi connectivity index (χ2v) is 6.80. The Hall–Kier alpha value is -1.41. The summed E-state index contributed by atoms with van der Waals surface area (Å²) in [6.07, 6.45) is 4.36. The van der Waals surface area contributed by atoms with Gasteiger partial charge in [0.2, 0.25) is 21.8 Å². The third kappa shape index (κ3) is 3.57. The maximum atomic E-state index is 11.9. The van der Waals surface area contributed by atoms with Gasteiger partial charge in [0.25, 0.3) is 0 Å². The average Bonchev–Trinajstić information content (AvgIpc) is 2.48. The van der Waals surface area contributed by atoms with E-state index in [1.165, 1.54) is 23.8 Å². The molecule has 112 valence electrons. The van der Waals surface area contributed by atoms with E-state index in [4.69, 9.17) is 9.47 Å². The van der Waals surface area contributed by atoms with Crippen LogP contribution in [0, 0.1) is 0 Å². The molecule has 0 N–H and O–H groups in total. The summed E-state index contributed by atoms with van der Waals surface area (Å²) >= 11 is 0. The van der Waals surface area contributed by atoms with Crippen LogP contribution < -0.4 is 9.47 Å². The number of methoxy groups -OCH3 is 1. The van der Waals surface area contributed by atoms with Crippen LogP contribution in [0.4, 0.5) is 0 Å². The van der Waals surface area contributed by atoms with Gasteiger partial charge >= 0.3 is 0 Å². The quantitative estimate of drug-likeness (QED) is 0.795. The second-order valence-electron chi connectivity index (χ2n) is 4.54. The molecule has 1 fully saturated rings. The van der Waals surface area contributed by atoms with Gasteiger partial charge in [-0.15, -0.1) is 0 Å². The van der Waals surface area contributed by atoms with Gasteiger partial charge in [0, 0.05) is 6.54 Å². The highest BCUT2D eigenvalue weighted by Crippen LogP contribution is 2.19. The lowest BCUT2D eigenvalue weighted by molar-refractivity contribution is 0.123. The smallest absolute Gasteiger partial charge is 0.235 e. The first-order chi connectivity index (χ1) is 9.55. The van der Waals surface area contributed by atoms with Gasteiger partial charge in [0.15, 0.2) is 0 Å². The van der Waals surface area contributed by atoms with Crippen LogP contribution >= 0.6 is 0 Å². The Morgan fingerprint density at radius 2 is 2.15 bits per heavy atom. The highest BCUT2D eigenvalue weighted by atomic mass is 32.2. The number of ether oxygens (including phenoxy) is 2. The van der Waals surface area contributed by atoms with Crippen molar-refractivity contribution >= 4 is 10.0 Å². The third-order valence-electron chi connectivity index (χ3n) is 3.19. The van der Waals surface area contributed by atoms with Crippen molar-refractivity contribution in [1.82, 2.24) is 14.3 Å². The van der Waals surface area contributed by atoms with Gasteiger partial charge in [-0.2, -0.15) is 9.29 Å². The summed E-state index contributed by atoms with van der Waals surface area (Å²) in [5, 5.41) is 0. The lowest BCUT2D eigenvalue weighted by Gasteiger charge is -2.31. The number of hydrogen-bond acceptors (Lipinski definition) is 6. The molecule has 2 heterocycles. The molecule has 20 heavy (non-hydrogen) atoms. The Kier molecular flexibility index (Phi) is 4.77. The Morgan fingerprint density at radius 3 is 2.85 bits per heavy atom. The molecule has 1 saturated heterocycles. The van der Waals surface area contributed by atoms with E-state index >= 15 is 0 Å². The van der Waals surface area contributed by atoms with Crippen LogP contribution in [-0.4, -0.2) is 54.7 Å². The van der Waals surface area contributed by atoms with Crippen LogP contribution in [0.15, 0.2) is 12.4 Å². The SMILES string of the molecule is CCS(=O)(=O)N1CCC[C@H](Oc2cncc(OC)n2)C1. The minimum atomic E-state index is -3.17. The monoisotopic (exact) mass is 301 g/mol. The average molecular weight is 301 g/mol. The Balaban J connectivity index is 2.02. The van der Waals surface area contributed by atoms with E-state index in [0.29, 0.717) is 24.8 Å². The van der Waals surface area contributed by atoms with Crippen molar-refractivity contribution in [3.8, 4) is 11.8 Å². The van der Waals surface area contributed by atoms with Crippen molar-refractivity contribution in [1.29, 1.82) is 0 Å². The second kappa shape index (κ2) is 6.36. The molecular formula is C12H19N3O4S. The molecule has 8 heteroatoms. The first-order valence-corrected chi connectivity index (χ1v) is 8.16. The van der Waals surface area contributed by atoms with Gasteiger partial charge in [0.05, 0.1) is 31.8 Å². The highest BCUT2D eigenvalue weighted by Gasteiger charge is 2.28. The van der Waals surface area contributed by atoms with Gasteiger partial charge < -0.3 is 9.47 Å². The summed E-state index contributed by atoms with van der Waals surface area (Å²) in [6, 6.07) is 0. The number of hydrogen-bond donors (Lipinski definition) is 0. The van der Waals surface area contributed by atoms with E-state index in [1.807, 2.05) is 0 Å². The summed E-state index contributed by atoms with van der Waals surface area (Å²) in [5.41, 5.74) is 0. The van der Waals surface area contributed by atoms with Crippen LogP contribution in [0.1, 0.15) is 19.8 Å². The fourth-order valence-electron chi connectivity index (χ4n) is 2.09. The molecule has 1 aliphatic rings. The first kappa shape index (κ1) is 15.0. The zero-order chi connectivity index (χ0) is 14.6. The molecule has 0 amide bonds. The fraction of sp³-hybridized carbons (Fsp3) is 0.667. The number of sulfonamides is 1. The fourth-order valence-corrected chi connectivity index (χ4v) is 3.26. The molecule has 0 unspecified atom stereocenters. The van der Waals surface area contributed by atoms with E-state index in [9.17, 15) is 8.42 Å². The molecule has 2 rings (SSSR count). The summed E-state index contributed by atoms with van der Waals surface area (Å²) in [7, 11) is -1.66. The maximum Gasteiger partial charge on any atom is 0.235 e. The van der Waals surface area contributed by atoms with Gasteiger partial charge in [0.1, 0.15) is 6.10 Å². The number of rotatable bonds is 5. The van der Waals surface area contributed by atoms with Crippen molar-refractivity contribution in [3.63, 3.8) is 0 Å². The highest BCUT2D eigenvalue weighted by molar-refractivity contribution is 7.89. The molecule has 0 bridgehead atoms. The molecule has 1 aromatic heterocycles. The molecule has 1 aromatic rings. The van der Waals surface area contributed by atoms with Crippen LogP contribution in [0.2, 0.25) is 0 Å². The van der Waals surface area contributed by atoms with Gasteiger partial charge in [-0.1, -0.05) is 0 Å². The molecule has 1 aliphatic heterocycles. The molecule has 1 atom stereocenters. The number of piperidine rings is 1. The van der Waals surface area contributed by atoms with E-state index in [1.54, 1.807) is 6.92 Å². The van der Waals surface area contributed by atoms with Gasteiger partial charge in [-0.25, -0.2) is 8.42 Å². The first-order valence-electron chi connectivity index (χ1n) is 6.55. The normalized spacial score (nSPS) is 20.6. The van der Waals surface area contributed by atoms with Gasteiger partial charge in [-0.05, 0) is 19.8 Å². The van der Waals surface area contributed by atoms with Crippen molar-refractivity contribution in [3.05, 3.63) is 12.4 Å². The van der Waals surface area contributed by atoms with E-state index in [2.05, 4.69) is 9.97 Å². The Morgan fingerprint density at radius 1 is 1.40 bits per heavy atom. The predicted molar refractivity (Wildman–Crippen MR) is 73.3 cm³/mol. The van der Waals surface area contributed by atoms with E-state index < -0.39 is 10.0 Å². The van der Waals surface area contributed by atoms with Crippen molar-refractivity contribution in [2.45, 2.75) is 25.9 Å². The summed E-state index contributed by atoms with van der Waals surface area (Å²) in [4.78, 5) is 8.08. The third-order valence-corrected chi connectivity index (χ3v) is 5.03. The number of nitrogens with zero attached hydrogens (tertiary/aromatic N) is 3. The van der Waals surface area contributed by atoms with Gasteiger partial charge in [-0.3, -0.25) is 4.98 Å². The van der Waals surface area contributed by atoms with Crippen LogP contribution in [0.3, 0.4) is 0 Å². The zero-order valence-electron chi connectivity index (χ0n) is 11.7. The van der Waals surface area contributed by atoms with Crippen molar-refractivity contribution in [2.75, 3.05) is 26.0 Å². The zero-order valence-corrected chi connectivity index (χ0v) is 12.5. The van der Waals surface area contributed by atoms with E-state index in [0.717, 1.165) is 12.8 Å². The standard InChI is InChI=1S/C12H19N3O4S/c1-3-20(16,17)15-6-4-5-10(9-15)19-12-8-13-7-11(14-12)18-2/h7-8,10H,3-6,9H2,1-2H3/t10-/m0/s1. The minimum absolute atomic E-state index is 0.110. The molecule has 0 saturated carbocycles. The minimum Gasteiger partial charge on any atom is -0.480 e. The van der Waals surface area contributed by atoms with Crippen LogP contribution in [0.25, 0.3) is 0 Å². The molecule has 0 radical (unpaired) electrons. The number of aromatic nitrogens is 2.